The number of likely N-dealkylation sites (N-methyl/N-ethyl adjacent to an activating group) is 1. The highest BCUT2D eigenvalue weighted by atomic mass is 79.9. The fourth-order valence-electron chi connectivity index (χ4n) is 2.96. The molecule has 2 amide bonds. The number of rotatable bonds is 10. The third-order valence-electron chi connectivity index (χ3n) is 4.84. The Balaban J connectivity index is 2.25. The Morgan fingerprint density at radius 1 is 1.16 bits per heavy atom. The van der Waals surface area contributed by atoms with Crippen molar-refractivity contribution in [3.05, 3.63) is 63.6 Å². The van der Waals surface area contributed by atoms with Gasteiger partial charge in [-0.25, -0.2) is 8.42 Å². The maximum Gasteiger partial charge on any atom is 0.243 e. The van der Waals surface area contributed by atoms with E-state index in [-0.39, 0.29) is 17.3 Å². The molecule has 174 valence electrons. The molecule has 0 aliphatic heterocycles. The summed E-state index contributed by atoms with van der Waals surface area (Å²) in [7, 11) is -2.57. The first-order valence-corrected chi connectivity index (χ1v) is 12.7. The average Bonchev–Trinajstić information content (AvgIpc) is 2.75. The van der Waals surface area contributed by atoms with Crippen LogP contribution < -0.4 is 5.32 Å². The van der Waals surface area contributed by atoms with Gasteiger partial charge in [0.15, 0.2) is 0 Å². The van der Waals surface area contributed by atoms with Crippen molar-refractivity contribution in [1.29, 1.82) is 0 Å². The molecule has 7 nitrogen and oxygen atoms in total. The van der Waals surface area contributed by atoms with Crippen LogP contribution in [0.5, 0.6) is 0 Å². The second kappa shape index (κ2) is 11.8. The lowest BCUT2D eigenvalue weighted by Crippen LogP contribution is -2.50. The van der Waals surface area contributed by atoms with Gasteiger partial charge in [-0.1, -0.05) is 46.6 Å². The zero-order valence-electron chi connectivity index (χ0n) is 18.2. The van der Waals surface area contributed by atoms with Gasteiger partial charge in [-0.3, -0.25) is 9.59 Å². The Labute approximate surface area is 202 Å². The summed E-state index contributed by atoms with van der Waals surface area (Å²) in [6, 6.07) is 12.3. The fourth-order valence-corrected chi connectivity index (χ4v) is 4.66. The number of sulfonamides is 1. The molecular formula is C22H27BrClN3O4S. The minimum absolute atomic E-state index is 0.0319. The number of nitrogens with one attached hydrogen (secondary N) is 1. The van der Waals surface area contributed by atoms with Gasteiger partial charge < -0.3 is 10.2 Å². The minimum atomic E-state index is -3.90. The van der Waals surface area contributed by atoms with Crippen LogP contribution in [0.25, 0.3) is 0 Å². The molecule has 0 aliphatic rings. The van der Waals surface area contributed by atoms with Gasteiger partial charge in [-0.15, -0.1) is 0 Å². The highest BCUT2D eigenvalue weighted by molar-refractivity contribution is 9.10. The second-order valence-corrected chi connectivity index (χ2v) is 10.7. The monoisotopic (exact) mass is 543 g/mol. The van der Waals surface area contributed by atoms with E-state index in [1.165, 1.54) is 36.2 Å². The topological polar surface area (TPSA) is 86.8 Å². The Hall–Kier alpha value is -1.94. The average molecular weight is 545 g/mol. The van der Waals surface area contributed by atoms with Crippen molar-refractivity contribution in [3.63, 3.8) is 0 Å². The first-order chi connectivity index (χ1) is 15.1. The van der Waals surface area contributed by atoms with Crippen molar-refractivity contribution < 1.29 is 18.0 Å². The highest BCUT2D eigenvalue weighted by Crippen LogP contribution is 2.19. The molecule has 0 spiro atoms. The predicted octanol–water partition coefficient (Wildman–Crippen LogP) is 3.67. The van der Waals surface area contributed by atoms with Crippen LogP contribution in [-0.2, 0) is 26.2 Å². The van der Waals surface area contributed by atoms with Crippen LogP contribution >= 0.6 is 27.5 Å². The smallest absolute Gasteiger partial charge is 0.243 e. The number of halogens is 2. The lowest BCUT2D eigenvalue weighted by atomic mass is 10.1. The van der Waals surface area contributed by atoms with Crippen molar-refractivity contribution in [3.8, 4) is 0 Å². The van der Waals surface area contributed by atoms with Crippen molar-refractivity contribution in [2.45, 2.75) is 37.8 Å². The van der Waals surface area contributed by atoms with E-state index in [2.05, 4.69) is 21.2 Å². The summed E-state index contributed by atoms with van der Waals surface area (Å²) in [4.78, 5) is 27.2. The molecule has 0 saturated carbocycles. The van der Waals surface area contributed by atoms with Crippen LogP contribution in [0.1, 0.15) is 25.8 Å². The third kappa shape index (κ3) is 7.03. The van der Waals surface area contributed by atoms with Gasteiger partial charge in [0.05, 0.1) is 11.4 Å². The summed E-state index contributed by atoms with van der Waals surface area (Å²) in [5.74, 6) is -0.775. The minimum Gasteiger partial charge on any atom is -0.354 e. The second-order valence-electron chi connectivity index (χ2n) is 7.33. The molecule has 0 fully saturated rings. The van der Waals surface area contributed by atoms with Gasteiger partial charge in [0.1, 0.15) is 6.04 Å². The van der Waals surface area contributed by atoms with E-state index in [9.17, 15) is 18.0 Å². The Morgan fingerprint density at radius 3 is 2.41 bits per heavy atom. The first-order valence-electron chi connectivity index (χ1n) is 10.1. The number of hydrogen-bond donors (Lipinski definition) is 1. The molecule has 10 heteroatoms. The van der Waals surface area contributed by atoms with E-state index in [4.69, 9.17) is 11.6 Å². The van der Waals surface area contributed by atoms with Gasteiger partial charge in [0, 0.05) is 29.6 Å². The number of carbonyl (C=O) groups excluding carboxylic acids is 2. The SMILES string of the molecule is CCCNC(=O)[C@@H](C)N(Cc1cccc(Br)c1)C(=O)CN(C)S(=O)(=O)c1ccc(Cl)cc1. The van der Waals surface area contributed by atoms with E-state index in [1.54, 1.807) is 6.92 Å². The molecule has 0 radical (unpaired) electrons. The van der Waals surface area contributed by atoms with E-state index in [0.717, 1.165) is 20.8 Å². The number of benzene rings is 2. The molecule has 2 aromatic carbocycles. The molecule has 32 heavy (non-hydrogen) atoms. The van der Waals surface area contributed by atoms with Crippen LogP contribution in [0, 0.1) is 0 Å². The van der Waals surface area contributed by atoms with Gasteiger partial charge >= 0.3 is 0 Å². The Kier molecular flexibility index (Phi) is 9.69. The molecule has 2 rings (SSSR count). The van der Waals surface area contributed by atoms with Crippen LogP contribution in [0.4, 0.5) is 0 Å². The maximum absolute atomic E-state index is 13.2. The summed E-state index contributed by atoms with van der Waals surface area (Å²) in [6.45, 7) is 3.81. The van der Waals surface area contributed by atoms with Crippen molar-refractivity contribution >= 4 is 49.4 Å². The number of amides is 2. The zero-order valence-corrected chi connectivity index (χ0v) is 21.4. The van der Waals surface area contributed by atoms with E-state index < -0.39 is 28.5 Å². The van der Waals surface area contributed by atoms with Gasteiger partial charge in [-0.05, 0) is 55.3 Å². The summed E-state index contributed by atoms with van der Waals surface area (Å²) in [6.07, 6.45) is 0.764. The summed E-state index contributed by atoms with van der Waals surface area (Å²) in [5, 5.41) is 3.20. The van der Waals surface area contributed by atoms with E-state index in [1.807, 2.05) is 31.2 Å². The lowest BCUT2D eigenvalue weighted by Gasteiger charge is -2.30. The molecular weight excluding hydrogens is 518 g/mol. The normalized spacial score (nSPS) is 12.4. The van der Waals surface area contributed by atoms with Gasteiger partial charge in [0.25, 0.3) is 0 Å². The third-order valence-corrected chi connectivity index (χ3v) is 7.40. The van der Waals surface area contributed by atoms with Crippen molar-refractivity contribution in [2.24, 2.45) is 0 Å². The zero-order chi connectivity index (χ0) is 23.9. The van der Waals surface area contributed by atoms with Crippen LogP contribution in [0.2, 0.25) is 5.02 Å². The van der Waals surface area contributed by atoms with Crippen LogP contribution in [0.15, 0.2) is 57.9 Å². The lowest BCUT2D eigenvalue weighted by molar-refractivity contribution is -0.140. The van der Waals surface area contributed by atoms with Crippen molar-refractivity contribution in [2.75, 3.05) is 20.1 Å². The largest absolute Gasteiger partial charge is 0.354 e. The molecule has 0 unspecified atom stereocenters. The first kappa shape index (κ1) is 26.3. The van der Waals surface area contributed by atoms with Crippen molar-refractivity contribution in [1.82, 2.24) is 14.5 Å². The molecule has 0 heterocycles. The highest BCUT2D eigenvalue weighted by Gasteiger charge is 2.30. The molecule has 1 atom stereocenters. The summed E-state index contributed by atoms with van der Waals surface area (Å²) < 4.78 is 27.6. The van der Waals surface area contributed by atoms with E-state index in [0.29, 0.717) is 11.6 Å². The number of nitrogens with zero attached hydrogens (tertiary/aromatic N) is 2. The molecule has 0 aromatic heterocycles. The quantitative estimate of drug-likeness (QED) is 0.495. The van der Waals surface area contributed by atoms with E-state index >= 15 is 0 Å². The number of hydrogen-bond acceptors (Lipinski definition) is 4. The number of carbonyl (C=O) groups is 2. The van der Waals surface area contributed by atoms with Crippen LogP contribution in [-0.4, -0.2) is 55.6 Å². The Morgan fingerprint density at radius 2 is 1.81 bits per heavy atom. The molecule has 0 bridgehead atoms. The molecule has 0 aliphatic carbocycles. The molecule has 1 N–H and O–H groups in total. The molecule has 0 saturated heterocycles. The predicted molar refractivity (Wildman–Crippen MR) is 129 cm³/mol. The fraction of sp³-hybridized carbons (Fsp3) is 0.364. The van der Waals surface area contributed by atoms with Crippen LogP contribution in [0.3, 0.4) is 0 Å². The van der Waals surface area contributed by atoms with Gasteiger partial charge in [-0.2, -0.15) is 4.31 Å². The Bertz CT molecular complexity index is 1050. The molecule has 2 aromatic rings. The summed E-state index contributed by atoms with van der Waals surface area (Å²) in [5.41, 5.74) is 0.811. The summed E-state index contributed by atoms with van der Waals surface area (Å²) >= 11 is 9.25. The van der Waals surface area contributed by atoms with Gasteiger partial charge in [0.2, 0.25) is 21.8 Å². The standard InChI is InChI=1S/C22H27BrClN3O4S/c1-4-12-25-22(29)16(2)27(14-17-6-5-7-18(23)13-17)21(28)15-26(3)32(30,31)20-10-8-19(24)9-11-20/h5-11,13,16H,4,12,14-15H2,1-3H3,(H,25,29)/t16-/m1/s1. The maximum atomic E-state index is 13.2.